The number of rotatable bonds is 4. The molecule has 0 radical (unpaired) electrons. The highest BCUT2D eigenvalue weighted by Crippen LogP contribution is 2.03. The summed E-state index contributed by atoms with van der Waals surface area (Å²) in [6.45, 7) is 2.03. The zero-order valence-corrected chi connectivity index (χ0v) is 6.46. The molecule has 0 aliphatic carbocycles. The van der Waals surface area contributed by atoms with E-state index in [1.54, 1.807) is 0 Å². The van der Waals surface area contributed by atoms with E-state index in [0.29, 0.717) is 12.8 Å². The lowest BCUT2D eigenvalue weighted by Gasteiger charge is -2.04. The molecule has 0 unspecified atom stereocenters. The number of carbonyl (C=O) groups is 1. The Balaban J connectivity index is 3.26. The maximum absolute atomic E-state index is 10.5. The van der Waals surface area contributed by atoms with Gasteiger partial charge in [-0.1, -0.05) is 6.92 Å². The fraction of sp³-hybridized carbons (Fsp3) is 0.857. The second-order valence-corrected chi connectivity index (χ2v) is 2.40. The fourth-order valence-corrected chi connectivity index (χ4v) is 0.558. The van der Waals surface area contributed by atoms with Crippen molar-refractivity contribution in [2.45, 2.75) is 19.8 Å². The third-order valence-corrected chi connectivity index (χ3v) is 1.38. The highest BCUT2D eigenvalue weighted by Gasteiger charge is 2.04. The molecular formula is C7H14O3. The first-order chi connectivity index (χ1) is 4.70. The summed E-state index contributed by atoms with van der Waals surface area (Å²) in [5.74, 6) is -0.0144. The summed E-state index contributed by atoms with van der Waals surface area (Å²) in [7, 11) is 1.37. The number of hydrogen-bond acceptors (Lipinski definition) is 3. The lowest BCUT2D eigenvalue weighted by atomic mass is 10.1. The number of aliphatic hydroxyl groups excluding tert-OH is 1. The van der Waals surface area contributed by atoms with E-state index in [4.69, 9.17) is 5.11 Å². The summed E-state index contributed by atoms with van der Waals surface area (Å²) in [6.07, 6.45) is 1.10. The van der Waals surface area contributed by atoms with Gasteiger partial charge in [-0.3, -0.25) is 4.79 Å². The van der Waals surface area contributed by atoms with Crippen LogP contribution in [0.25, 0.3) is 0 Å². The molecule has 0 rings (SSSR count). The number of methoxy groups -OCH3 is 1. The van der Waals surface area contributed by atoms with Gasteiger partial charge in [0.15, 0.2) is 0 Å². The lowest BCUT2D eigenvalue weighted by molar-refractivity contribution is -0.140. The normalized spacial score (nSPS) is 12.7. The molecule has 0 saturated heterocycles. The minimum absolute atomic E-state index is 0.136. The largest absolute Gasteiger partial charge is 0.469 e. The maximum Gasteiger partial charge on any atom is 0.305 e. The lowest BCUT2D eigenvalue weighted by Crippen LogP contribution is -2.06. The summed E-state index contributed by atoms with van der Waals surface area (Å²) in [4.78, 5) is 10.5. The summed E-state index contributed by atoms with van der Waals surface area (Å²) in [5.41, 5.74) is 0. The van der Waals surface area contributed by atoms with Gasteiger partial charge < -0.3 is 9.84 Å². The van der Waals surface area contributed by atoms with Crippen LogP contribution in [0.2, 0.25) is 0 Å². The van der Waals surface area contributed by atoms with Crippen molar-refractivity contribution in [1.29, 1.82) is 0 Å². The van der Waals surface area contributed by atoms with E-state index in [1.807, 2.05) is 6.92 Å². The molecular weight excluding hydrogens is 132 g/mol. The SMILES string of the molecule is COC(=O)CC[C@@H](C)CO. The van der Waals surface area contributed by atoms with E-state index < -0.39 is 0 Å². The molecule has 3 heteroatoms. The molecule has 0 aromatic carbocycles. The summed E-state index contributed by atoms with van der Waals surface area (Å²) < 4.78 is 4.42. The van der Waals surface area contributed by atoms with Crippen molar-refractivity contribution in [2.24, 2.45) is 5.92 Å². The topological polar surface area (TPSA) is 46.5 Å². The zero-order chi connectivity index (χ0) is 7.98. The second kappa shape index (κ2) is 5.23. The van der Waals surface area contributed by atoms with E-state index in [2.05, 4.69) is 4.74 Å². The van der Waals surface area contributed by atoms with Crippen LogP contribution in [-0.2, 0) is 9.53 Å². The molecule has 0 saturated carbocycles. The Morgan fingerprint density at radius 2 is 2.30 bits per heavy atom. The number of hydrogen-bond donors (Lipinski definition) is 1. The Morgan fingerprint density at radius 3 is 2.70 bits per heavy atom. The van der Waals surface area contributed by atoms with Gasteiger partial charge in [0, 0.05) is 13.0 Å². The molecule has 3 nitrogen and oxygen atoms in total. The van der Waals surface area contributed by atoms with Gasteiger partial charge in [-0.25, -0.2) is 0 Å². The monoisotopic (exact) mass is 146 g/mol. The first-order valence-corrected chi connectivity index (χ1v) is 3.38. The number of aliphatic hydroxyl groups is 1. The molecule has 0 bridgehead atoms. The van der Waals surface area contributed by atoms with Crippen LogP contribution in [0.15, 0.2) is 0 Å². The van der Waals surface area contributed by atoms with Crippen molar-refractivity contribution >= 4 is 5.97 Å². The molecule has 0 aliphatic rings. The van der Waals surface area contributed by atoms with Gasteiger partial charge in [-0.15, -0.1) is 0 Å². The Labute approximate surface area is 61.0 Å². The molecule has 1 atom stereocenters. The molecule has 0 aliphatic heterocycles. The Kier molecular flexibility index (Phi) is 4.94. The molecule has 1 N–H and O–H groups in total. The molecule has 10 heavy (non-hydrogen) atoms. The average Bonchev–Trinajstić information content (AvgIpc) is 1.99. The van der Waals surface area contributed by atoms with Gasteiger partial charge in [0.2, 0.25) is 0 Å². The van der Waals surface area contributed by atoms with E-state index in [1.165, 1.54) is 7.11 Å². The highest BCUT2D eigenvalue weighted by atomic mass is 16.5. The van der Waals surface area contributed by atoms with Crippen molar-refractivity contribution in [1.82, 2.24) is 0 Å². The van der Waals surface area contributed by atoms with E-state index in [0.717, 1.165) is 0 Å². The molecule has 60 valence electrons. The smallest absolute Gasteiger partial charge is 0.305 e. The number of esters is 1. The summed E-state index contributed by atoms with van der Waals surface area (Å²) >= 11 is 0. The van der Waals surface area contributed by atoms with E-state index in [-0.39, 0.29) is 18.5 Å². The molecule has 0 fully saturated rings. The van der Waals surface area contributed by atoms with Crippen molar-refractivity contribution in [3.63, 3.8) is 0 Å². The van der Waals surface area contributed by atoms with E-state index >= 15 is 0 Å². The maximum atomic E-state index is 10.5. The fourth-order valence-electron chi connectivity index (χ4n) is 0.558. The minimum atomic E-state index is -0.208. The summed E-state index contributed by atoms with van der Waals surface area (Å²) in [6, 6.07) is 0. The number of carbonyl (C=O) groups excluding carboxylic acids is 1. The first-order valence-electron chi connectivity index (χ1n) is 3.38. The van der Waals surface area contributed by atoms with Crippen LogP contribution in [0.5, 0.6) is 0 Å². The van der Waals surface area contributed by atoms with Gasteiger partial charge in [-0.05, 0) is 12.3 Å². The van der Waals surface area contributed by atoms with Crippen molar-refractivity contribution in [3.8, 4) is 0 Å². The van der Waals surface area contributed by atoms with E-state index in [9.17, 15) is 4.79 Å². The Morgan fingerprint density at radius 1 is 1.70 bits per heavy atom. The molecule has 0 aromatic rings. The van der Waals surface area contributed by atoms with Gasteiger partial charge in [-0.2, -0.15) is 0 Å². The molecule has 0 amide bonds. The Bertz CT molecular complexity index is 101. The Hall–Kier alpha value is -0.570. The molecule has 0 spiro atoms. The van der Waals surface area contributed by atoms with Gasteiger partial charge in [0.05, 0.1) is 7.11 Å². The van der Waals surface area contributed by atoms with Crippen molar-refractivity contribution < 1.29 is 14.6 Å². The van der Waals surface area contributed by atoms with Gasteiger partial charge in [0.1, 0.15) is 0 Å². The van der Waals surface area contributed by atoms with Crippen LogP contribution in [0.4, 0.5) is 0 Å². The van der Waals surface area contributed by atoms with Crippen LogP contribution < -0.4 is 0 Å². The standard InChI is InChI=1S/C7H14O3/c1-6(5-8)3-4-7(9)10-2/h6,8H,3-5H2,1-2H3/t6-/m1/s1. The predicted octanol–water partition coefficient (Wildman–Crippen LogP) is 0.568. The molecule has 0 heterocycles. The first kappa shape index (κ1) is 9.43. The average molecular weight is 146 g/mol. The van der Waals surface area contributed by atoms with Crippen molar-refractivity contribution in [3.05, 3.63) is 0 Å². The molecule has 0 aromatic heterocycles. The third kappa shape index (κ3) is 4.32. The quantitative estimate of drug-likeness (QED) is 0.590. The number of ether oxygens (including phenoxy) is 1. The van der Waals surface area contributed by atoms with Crippen LogP contribution in [0, 0.1) is 5.92 Å². The van der Waals surface area contributed by atoms with Crippen LogP contribution in [0.1, 0.15) is 19.8 Å². The third-order valence-electron chi connectivity index (χ3n) is 1.38. The van der Waals surface area contributed by atoms with Gasteiger partial charge in [0.25, 0.3) is 0 Å². The van der Waals surface area contributed by atoms with Crippen LogP contribution >= 0.6 is 0 Å². The highest BCUT2D eigenvalue weighted by molar-refractivity contribution is 5.69. The van der Waals surface area contributed by atoms with Gasteiger partial charge >= 0.3 is 5.97 Å². The summed E-state index contributed by atoms with van der Waals surface area (Å²) in [5, 5.41) is 8.57. The van der Waals surface area contributed by atoms with Crippen LogP contribution in [-0.4, -0.2) is 24.8 Å². The predicted molar refractivity (Wildman–Crippen MR) is 37.5 cm³/mol. The second-order valence-electron chi connectivity index (χ2n) is 2.40. The zero-order valence-electron chi connectivity index (χ0n) is 6.46. The van der Waals surface area contributed by atoms with Crippen molar-refractivity contribution in [2.75, 3.05) is 13.7 Å². The van der Waals surface area contributed by atoms with Crippen LogP contribution in [0.3, 0.4) is 0 Å². The minimum Gasteiger partial charge on any atom is -0.469 e.